The monoisotopic (exact) mass is 347 g/mol. The van der Waals surface area contributed by atoms with Crippen LogP contribution in [0.25, 0.3) is 0 Å². The van der Waals surface area contributed by atoms with Crippen LogP contribution in [0.4, 0.5) is 0 Å². The summed E-state index contributed by atoms with van der Waals surface area (Å²) in [7, 11) is 0. The number of halogens is 2. The van der Waals surface area contributed by atoms with Crippen LogP contribution < -0.4 is 0 Å². The second-order valence-electron chi connectivity index (χ2n) is 4.67. The van der Waals surface area contributed by atoms with Gasteiger partial charge in [-0.2, -0.15) is 10.5 Å². The lowest BCUT2D eigenvalue weighted by Gasteiger charge is -2.13. The molecule has 0 saturated carbocycles. The van der Waals surface area contributed by atoms with E-state index in [9.17, 15) is 10.5 Å². The van der Waals surface area contributed by atoms with Gasteiger partial charge >= 0.3 is 0 Å². The van der Waals surface area contributed by atoms with Gasteiger partial charge in [0.05, 0.1) is 11.6 Å². The lowest BCUT2D eigenvalue weighted by atomic mass is 10.1. The Morgan fingerprint density at radius 3 is 2.50 bits per heavy atom. The summed E-state index contributed by atoms with van der Waals surface area (Å²) in [4.78, 5) is 4.39. The molecule has 1 aromatic heterocycles. The summed E-state index contributed by atoms with van der Waals surface area (Å²) in [5.74, 6) is 0. The minimum atomic E-state index is -0.564. The predicted molar refractivity (Wildman–Crippen MR) is 89.1 cm³/mol. The molecule has 2 rings (SSSR count). The summed E-state index contributed by atoms with van der Waals surface area (Å²) >= 11 is 13.3. The molecular formula is C16H11Cl2N3S. The van der Waals surface area contributed by atoms with Crippen molar-refractivity contribution in [2.45, 2.75) is 24.1 Å². The Labute approximate surface area is 143 Å². The van der Waals surface area contributed by atoms with Gasteiger partial charge in [-0.3, -0.25) is 0 Å². The largest absolute Gasteiger partial charge is 0.245 e. The zero-order valence-corrected chi connectivity index (χ0v) is 14.2. The maximum Gasteiger partial charge on any atom is 0.124 e. The number of thioether (sulfide) groups is 1. The zero-order valence-electron chi connectivity index (χ0n) is 11.9. The Kier molecular flexibility index (Phi) is 5.32. The van der Waals surface area contributed by atoms with Crippen molar-refractivity contribution in [2.75, 3.05) is 0 Å². The average Bonchev–Trinajstić information content (AvgIpc) is 2.45. The summed E-state index contributed by atoms with van der Waals surface area (Å²) in [6, 6.07) is 11.2. The van der Waals surface area contributed by atoms with Gasteiger partial charge in [-0.05, 0) is 43.2 Å². The van der Waals surface area contributed by atoms with Gasteiger partial charge in [0.25, 0.3) is 0 Å². The van der Waals surface area contributed by atoms with E-state index in [4.69, 9.17) is 23.2 Å². The molecule has 0 fully saturated rings. The van der Waals surface area contributed by atoms with Crippen LogP contribution in [0.2, 0.25) is 10.0 Å². The second-order valence-corrected chi connectivity index (χ2v) is 6.60. The molecule has 1 aromatic carbocycles. The topological polar surface area (TPSA) is 60.5 Å². The number of aromatic nitrogens is 1. The molecular weight excluding hydrogens is 337 g/mol. The van der Waals surface area contributed by atoms with Crippen molar-refractivity contribution in [1.29, 1.82) is 10.5 Å². The highest BCUT2D eigenvalue weighted by molar-refractivity contribution is 7.99. The van der Waals surface area contributed by atoms with E-state index < -0.39 is 5.25 Å². The maximum atomic E-state index is 9.46. The van der Waals surface area contributed by atoms with E-state index in [0.29, 0.717) is 26.2 Å². The minimum absolute atomic E-state index is 0.425. The van der Waals surface area contributed by atoms with Crippen LogP contribution in [0.1, 0.15) is 27.6 Å². The number of nitriles is 2. The van der Waals surface area contributed by atoms with E-state index >= 15 is 0 Å². The molecule has 0 N–H and O–H groups in total. The molecule has 0 aliphatic heterocycles. The molecule has 22 heavy (non-hydrogen) atoms. The molecule has 0 aliphatic carbocycles. The third-order valence-corrected chi connectivity index (χ3v) is 4.69. The maximum absolute atomic E-state index is 9.46. The van der Waals surface area contributed by atoms with Crippen LogP contribution >= 0.6 is 35.0 Å². The molecule has 0 saturated heterocycles. The Morgan fingerprint density at radius 1 is 1.18 bits per heavy atom. The van der Waals surface area contributed by atoms with Crippen molar-refractivity contribution in [2.24, 2.45) is 0 Å². The fraction of sp³-hybridized carbons (Fsp3) is 0.188. The molecule has 2 aromatic rings. The highest BCUT2D eigenvalue weighted by Gasteiger charge is 2.20. The molecule has 0 unspecified atom stereocenters. The van der Waals surface area contributed by atoms with Gasteiger partial charge in [0.1, 0.15) is 16.3 Å². The number of rotatable bonds is 3. The van der Waals surface area contributed by atoms with E-state index in [1.165, 1.54) is 11.8 Å². The highest BCUT2D eigenvalue weighted by Crippen LogP contribution is 2.39. The van der Waals surface area contributed by atoms with Crippen LogP contribution in [0.3, 0.4) is 0 Å². The number of hydrogen-bond acceptors (Lipinski definition) is 4. The number of pyridine rings is 1. The van der Waals surface area contributed by atoms with Crippen LogP contribution in [0.15, 0.2) is 29.3 Å². The molecule has 110 valence electrons. The van der Waals surface area contributed by atoms with Crippen molar-refractivity contribution in [3.8, 4) is 12.1 Å². The second kappa shape index (κ2) is 7.03. The molecule has 1 heterocycles. The lowest BCUT2D eigenvalue weighted by molar-refractivity contribution is 1.02. The van der Waals surface area contributed by atoms with Gasteiger partial charge in [-0.1, -0.05) is 41.0 Å². The first kappa shape index (κ1) is 16.6. The standard InChI is InChI=1S/C16H11Cl2N3S/c1-9-5-10(2)21-16(13(9)7-19)22-15(8-20)12-4-3-11(17)6-14(12)18/h3-6,15H,1-2H3/t15-/m0/s1. The first-order valence-electron chi connectivity index (χ1n) is 6.35. The van der Waals surface area contributed by atoms with Gasteiger partial charge in [0, 0.05) is 15.7 Å². The SMILES string of the molecule is Cc1cc(C)c(C#N)c(S[C@@H](C#N)c2ccc(Cl)cc2Cl)n1. The summed E-state index contributed by atoms with van der Waals surface area (Å²) in [5.41, 5.74) is 2.79. The molecule has 0 radical (unpaired) electrons. The van der Waals surface area contributed by atoms with Gasteiger partial charge < -0.3 is 0 Å². The molecule has 0 spiro atoms. The number of nitrogens with zero attached hydrogens (tertiary/aromatic N) is 3. The van der Waals surface area contributed by atoms with Crippen molar-refractivity contribution in [1.82, 2.24) is 4.98 Å². The number of hydrogen-bond donors (Lipinski definition) is 0. The molecule has 0 amide bonds. The van der Waals surface area contributed by atoms with E-state index in [1.807, 2.05) is 19.9 Å². The fourth-order valence-electron chi connectivity index (χ4n) is 2.01. The van der Waals surface area contributed by atoms with Crippen LogP contribution in [0, 0.1) is 36.5 Å². The zero-order chi connectivity index (χ0) is 16.3. The third-order valence-electron chi connectivity index (χ3n) is 3.02. The van der Waals surface area contributed by atoms with Gasteiger partial charge in [-0.25, -0.2) is 4.98 Å². The highest BCUT2D eigenvalue weighted by atomic mass is 35.5. The van der Waals surface area contributed by atoms with E-state index in [0.717, 1.165) is 11.3 Å². The van der Waals surface area contributed by atoms with Crippen molar-refractivity contribution in [3.63, 3.8) is 0 Å². The van der Waals surface area contributed by atoms with Gasteiger partial charge in [0.15, 0.2) is 0 Å². The Bertz CT molecular complexity index is 806. The van der Waals surface area contributed by atoms with Crippen molar-refractivity contribution >= 4 is 35.0 Å². The first-order chi connectivity index (χ1) is 10.5. The third kappa shape index (κ3) is 3.54. The lowest BCUT2D eigenvalue weighted by Crippen LogP contribution is -1.98. The first-order valence-corrected chi connectivity index (χ1v) is 7.99. The summed E-state index contributed by atoms with van der Waals surface area (Å²) in [5, 5.41) is 19.7. The van der Waals surface area contributed by atoms with Crippen LogP contribution in [-0.2, 0) is 0 Å². The molecule has 0 aliphatic rings. The number of aryl methyl sites for hydroxylation is 2. The van der Waals surface area contributed by atoms with Crippen molar-refractivity contribution in [3.05, 3.63) is 56.7 Å². The quantitative estimate of drug-likeness (QED) is 0.712. The molecule has 3 nitrogen and oxygen atoms in total. The molecule has 1 atom stereocenters. The average molecular weight is 348 g/mol. The number of benzene rings is 1. The van der Waals surface area contributed by atoms with Gasteiger partial charge in [-0.15, -0.1) is 0 Å². The van der Waals surface area contributed by atoms with E-state index in [2.05, 4.69) is 17.1 Å². The summed E-state index contributed by atoms with van der Waals surface area (Å²) in [6.45, 7) is 3.71. The van der Waals surface area contributed by atoms with E-state index in [1.54, 1.807) is 18.2 Å². The normalized spacial score (nSPS) is 11.5. The van der Waals surface area contributed by atoms with Crippen LogP contribution in [-0.4, -0.2) is 4.98 Å². The fourth-order valence-corrected chi connectivity index (χ4v) is 3.72. The predicted octanol–water partition coefficient (Wildman–Crippen LogP) is 5.23. The minimum Gasteiger partial charge on any atom is -0.245 e. The molecule has 0 bridgehead atoms. The van der Waals surface area contributed by atoms with E-state index in [-0.39, 0.29) is 0 Å². The molecule has 6 heteroatoms. The van der Waals surface area contributed by atoms with Gasteiger partial charge in [0.2, 0.25) is 0 Å². The van der Waals surface area contributed by atoms with Crippen LogP contribution in [0.5, 0.6) is 0 Å². The summed E-state index contributed by atoms with van der Waals surface area (Å²) < 4.78 is 0. The Balaban J connectivity index is 2.44. The van der Waals surface area contributed by atoms with Crippen molar-refractivity contribution < 1.29 is 0 Å². The Morgan fingerprint density at radius 2 is 1.91 bits per heavy atom. The Hall–Kier alpha value is -1.72. The summed E-state index contributed by atoms with van der Waals surface area (Å²) in [6.07, 6.45) is 0. The smallest absolute Gasteiger partial charge is 0.124 e.